The summed E-state index contributed by atoms with van der Waals surface area (Å²) in [7, 11) is 0. The van der Waals surface area contributed by atoms with Crippen LogP contribution < -0.4 is 4.74 Å². The van der Waals surface area contributed by atoms with Crippen LogP contribution in [0.5, 0.6) is 5.75 Å². The third kappa shape index (κ3) is 4.08. The number of rotatable bonds is 5. The van der Waals surface area contributed by atoms with Gasteiger partial charge in [0.25, 0.3) is 5.91 Å². The van der Waals surface area contributed by atoms with E-state index in [0.717, 1.165) is 30.8 Å². The van der Waals surface area contributed by atoms with Gasteiger partial charge in [-0.25, -0.2) is 14.6 Å². The highest BCUT2D eigenvalue weighted by Gasteiger charge is 2.25. The summed E-state index contributed by atoms with van der Waals surface area (Å²) >= 11 is 0. The number of carbonyl (C=O) groups excluding carboxylic acids is 1. The number of benzene rings is 1. The maximum atomic E-state index is 12.5. The first kappa shape index (κ1) is 17.1. The zero-order valence-corrected chi connectivity index (χ0v) is 14.7. The van der Waals surface area contributed by atoms with E-state index in [1.165, 1.54) is 6.33 Å². The first-order valence-corrected chi connectivity index (χ1v) is 8.79. The first-order chi connectivity index (χ1) is 13.3. The van der Waals surface area contributed by atoms with Crippen molar-refractivity contribution in [2.45, 2.75) is 18.8 Å². The minimum Gasteiger partial charge on any atom is -0.484 e. The molecule has 3 aromatic rings. The molecule has 0 saturated carbocycles. The van der Waals surface area contributed by atoms with Crippen molar-refractivity contribution in [1.29, 1.82) is 0 Å². The van der Waals surface area contributed by atoms with Gasteiger partial charge in [0.05, 0.1) is 5.69 Å². The van der Waals surface area contributed by atoms with E-state index in [1.807, 2.05) is 23.1 Å². The molecule has 1 atom stereocenters. The number of tetrazole rings is 1. The largest absolute Gasteiger partial charge is 0.484 e. The normalized spacial score (nSPS) is 16.9. The average molecular weight is 365 g/mol. The molecule has 9 nitrogen and oxygen atoms in total. The molecule has 0 N–H and O–H groups in total. The van der Waals surface area contributed by atoms with E-state index in [1.54, 1.807) is 29.3 Å². The molecule has 1 amide bonds. The third-order valence-electron chi connectivity index (χ3n) is 4.61. The minimum absolute atomic E-state index is 0.0146. The van der Waals surface area contributed by atoms with Gasteiger partial charge in [-0.3, -0.25) is 4.79 Å². The van der Waals surface area contributed by atoms with E-state index >= 15 is 0 Å². The fraction of sp³-hybridized carbons (Fsp3) is 0.333. The summed E-state index contributed by atoms with van der Waals surface area (Å²) in [6.45, 7) is 1.43. The molecular weight excluding hydrogens is 346 g/mol. The second-order valence-corrected chi connectivity index (χ2v) is 6.35. The fourth-order valence-electron chi connectivity index (χ4n) is 3.20. The van der Waals surface area contributed by atoms with E-state index in [4.69, 9.17) is 4.74 Å². The van der Waals surface area contributed by atoms with Crippen LogP contribution in [0.25, 0.3) is 5.69 Å². The predicted octanol–water partition coefficient (Wildman–Crippen LogP) is 1.24. The number of aromatic nitrogens is 6. The van der Waals surface area contributed by atoms with Gasteiger partial charge in [0, 0.05) is 30.9 Å². The van der Waals surface area contributed by atoms with Crippen molar-refractivity contribution < 1.29 is 9.53 Å². The summed E-state index contributed by atoms with van der Waals surface area (Å²) in [6.07, 6.45) is 6.80. The number of carbonyl (C=O) groups is 1. The molecule has 1 aliphatic heterocycles. The van der Waals surface area contributed by atoms with Gasteiger partial charge in [0.2, 0.25) is 0 Å². The molecule has 9 heteroatoms. The lowest BCUT2D eigenvalue weighted by molar-refractivity contribution is -0.134. The summed E-state index contributed by atoms with van der Waals surface area (Å²) in [4.78, 5) is 22.7. The molecule has 2 aromatic heterocycles. The number of amides is 1. The molecule has 0 aliphatic carbocycles. The molecule has 0 spiro atoms. The molecular formula is C18H19N7O2. The van der Waals surface area contributed by atoms with E-state index in [-0.39, 0.29) is 18.4 Å². The molecule has 1 aliphatic rings. The van der Waals surface area contributed by atoms with Crippen molar-refractivity contribution in [1.82, 2.24) is 35.1 Å². The summed E-state index contributed by atoms with van der Waals surface area (Å²) in [5.41, 5.74) is 1.81. The average Bonchev–Trinajstić information content (AvgIpc) is 3.28. The Morgan fingerprint density at radius 1 is 1.22 bits per heavy atom. The van der Waals surface area contributed by atoms with Crippen LogP contribution in [-0.2, 0) is 4.79 Å². The molecule has 1 aromatic carbocycles. The SMILES string of the molecule is O=C(COc1ccc(-n2cnnn2)cc1)N1CCCC(c2ccncn2)C1. The maximum absolute atomic E-state index is 12.5. The van der Waals surface area contributed by atoms with Crippen molar-refractivity contribution in [3.05, 3.63) is 54.9 Å². The Morgan fingerprint density at radius 3 is 2.85 bits per heavy atom. The van der Waals surface area contributed by atoms with E-state index in [9.17, 15) is 4.79 Å². The molecule has 1 unspecified atom stereocenters. The molecule has 138 valence electrons. The monoisotopic (exact) mass is 365 g/mol. The quantitative estimate of drug-likeness (QED) is 0.671. The fourth-order valence-corrected chi connectivity index (χ4v) is 3.20. The Hall–Kier alpha value is -3.36. The summed E-state index contributed by atoms with van der Waals surface area (Å²) in [5.74, 6) is 0.865. The lowest BCUT2D eigenvalue weighted by Gasteiger charge is -2.32. The second kappa shape index (κ2) is 7.90. The van der Waals surface area contributed by atoms with Gasteiger partial charge in [-0.05, 0) is 53.6 Å². The number of piperidine rings is 1. The van der Waals surface area contributed by atoms with Gasteiger partial charge >= 0.3 is 0 Å². The number of likely N-dealkylation sites (tertiary alicyclic amines) is 1. The van der Waals surface area contributed by atoms with Crippen LogP contribution in [0.3, 0.4) is 0 Å². The molecule has 4 rings (SSSR count). The van der Waals surface area contributed by atoms with Crippen LogP contribution in [0.1, 0.15) is 24.5 Å². The van der Waals surface area contributed by atoms with E-state index in [0.29, 0.717) is 12.3 Å². The van der Waals surface area contributed by atoms with Gasteiger partial charge in [0.1, 0.15) is 18.4 Å². The van der Waals surface area contributed by atoms with Crippen LogP contribution in [-0.4, -0.2) is 60.7 Å². The Morgan fingerprint density at radius 2 is 2.11 bits per heavy atom. The van der Waals surface area contributed by atoms with Crippen LogP contribution in [0.4, 0.5) is 0 Å². The molecule has 27 heavy (non-hydrogen) atoms. The lowest BCUT2D eigenvalue weighted by atomic mass is 9.94. The Labute approximate surface area is 156 Å². The molecule has 1 saturated heterocycles. The summed E-state index contributed by atoms with van der Waals surface area (Å²) in [5, 5.41) is 11.0. The van der Waals surface area contributed by atoms with Crippen LogP contribution >= 0.6 is 0 Å². The minimum atomic E-state index is -0.0155. The Kier molecular flexibility index (Phi) is 4.99. The van der Waals surface area contributed by atoms with E-state index < -0.39 is 0 Å². The molecule has 0 radical (unpaired) electrons. The van der Waals surface area contributed by atoms with Gasteiger partial charge in [-0.2, -0.15) is 0 Å². The molecule has 3 heterocycles. The zero-order chi connectivity index (χ0) is 18.5. The first-order valence-electron chi connectivity index (χ1n) is 8.79. The van der Waals surface area contributed by atoms with Crippen molar-refractivity contribution in [3.8, 4) is 11.4 Å². The second-order valence-electron chi connectivity index (χ2n) is 6.35. The smallest absolute Gasteiger partial charge is 0.260 e. The number of hydrogen-bond acceptors (Lipinski definition) is 7. The standard InChI is InChI=1S/C18H19N7O2/c26-18(24-9-1-2-14(10-24)17-7-8-19-12-20-17)11-27-16-5-3-15(4-6-16)25-13-21-22-23-25/h3-8,12-14H,1-2,9-11H2. The van der Waals surface area contributed by atoms with Crippen molar-refractivity contribution >= 4 is 5.91 Å². The Balaban J connectivity index is 1.32. The van der Waals surface area contributed by atoms with Crippen molar-refractivity contribution in [2.75, 3.05) is 19.7 Å². The van der Waals surface area contributed by atoms with Crippen LogP contribution in [0.2, 0.25) is 0 Å². The van der Waals surface area contributed by atoms with Crippen LogP contribution in [0, 0.1) is 0 Å². The van der Waals surface area contributed by atoms with E-state index in [2.05, 4.69) is 25.5 Å². The topological polar surface area (TPSA) is 98.9 Å². The van der Waals surface area contributed by atoms with Gasteiger partial charge in [0.15, 0.2) is 6.61 Å². The predicted molar refractivity (Wildman–Crippen MR) is 95.2 cm³/mol. The van der Waals surface area contributed by atoms with Crippen molar-refractivity contribution in [3.63, 3.8) is 0 Å². The highest BCUT2D eigenvalue weighted by Crippen LogP contribution is 2.25. The number of nitrogens with zero attached hydrogens (tertiary/aromatic N) is 7. The summed E-state index contributed by atoms with van der Waals surface area (Å²) < 4.78 is 7.21. The van der Waals surface area contributed by atoms with Crippen LogP contribution in [0.15, 0.2) is 49.2 Å². The molecule has 0 bridgehead atoms. The van der Waals surface area contributed by atoms with Crippen molar-refractivity contribution in [2.24, 2.45) is 0 Å². The maximum Gasteiger partial charge on any atom is 0.260 e. The number of hydrogen-bond donors (Lipinski definition) is 0. The zero-order valence-electron chi connectivity index (χ0n) is 14.7. The third-order valence-corrected chi connectivity index (χ3v) is 4.61. The summed E-state index contributed by atoms with van der Waals surface area (Å²) in [6, 6.07) is 9.18. The molecule has 1 fully saturated rings. The Bertz CT molecular complexity index is 868. The highest BCUT2D eigenvalue weighted by molar-refractivity contribution is 5.78. The lowest BCUT2D eigenvalue weighted by Crippen LogP contribution is -2.41. The van der Waals surface area contributed by atoms with Gasteiger partial charge in [-0.1, -0.05) is 0 Å². The van der Waals surface area contributed by atoms with Gasteiger partial charge in [-0.15, -0.1) is 5.10 Å². The van der Waals surface area contributed by atoms with Gasteiger partial charge < -0.3 is 9.64 Å². The number of ether oxygens (including phenoxy) is 1. The highest BCUT2D eigenvalue weighted by atomic mass is 16.5.